The van der Waals surface area contributed by atoms with Gasteiger partial charge < -0.3 is 29.2 Å². The summed E-state index contributed by atoms with van der Waals surface area (Å²) in [6, 6.07) is 15.6. The molecular weight excluding hydrogens is 560 g/mol. The predicted octanol–water partition coefficient (Wildman–Crippen LogP) is 4.98. The molecule has 0 saturated carbocycles. The van der Waals surface area contributed by atoms with Gasteiger partial charge in [0.05, 0.1) is 39.9 Å². The number of imidazole rings is 1. The molecule has 1 aliphatic heterocycles. The Labute approximate surface area is 256 Å². The second kappa shape index (κ2) is 14.4. The highest BCUT2D eigenvalue weighted by Gasteiger charge is 2.20. The molecule has 0 spiro atoms. The minimum absolute atomic E-state index is 0.127. The maximum absolute atomic E-state index is 7.61. The maximum atomic E-state index is 7.61. The Morgan fingerprint density at radius 3 is 2.39 bits per heavy atom. The lowest BCUT2D eigenvalue weighted by Gasteiger charge is -2.29. The number of nitrogens with zero attached hydrogens (tertiary/aromatic N) is 5. The third kappa shape index (κ3) is 7.27. The van der Waals surface area contributed by atoms with Crippen molar-refractivity contribution >= 4 is 17.2 Å². The molecule has 1 aromatic heterocycles. The fourth-order valence-electron chi connectivity index (χ4n) is 5.15. The van der Waals surface area contributed by atoms with Gasteiger partial charge in [-0.3, -0.25) is 10.3 Å². The number of nitrogens with two attached hydrogens (primary N) is 1. The summed E-state index contributed by atoms with van der Waals surface area (Å²) >= 11 is 0. The van der Waals surface area contributed by atoms with Gasteiger partial charge in [-0.2, -0.15) is 5.10 Å². The lowest BCUT2D eigenvalue weighted by molar-refractivity contribution is 0.252. The van der Waals surface area contributed by atoms with Crippen LogP contribution >= 0.6 is 0 Å². The Morgan fingerprint density at radius 1 is 0.955 bits per heavy atom. The van der Waals surface area contributed by atoms with Crippen molar-refractivity contribution in [1.29, 1.82) is 5.53 Å². The number of aromatic nitrogens is 2. The van der Waals surface area contributed by atoms with Crippen LogP contribution in [-0.4, -0.2) is 61.3 Å². The average Bonchev–Trinajstić information content (AvgIpc) is 3.58. The zero-order valence-electron chi connectivity index (χ0n) is 25.2. The number of amidine groups is 1. The highest BCUT2D eigenvalue weighted by Crippen LogP contribution is 2.34. The Kier molecular flexibility index (Phi) is 9.92. The second-order valence-corrected chi connectivity index (χ2v) is 10.3. The lowest BCUT2D eigenvalue weighted by Crippen LogP contribution is -2.32. The molecule has 4 N–H and O–H groups in total. The van der Waals surface area contributed by atoms with E-state index >= 15 is 0 Å². The molecule has 0 saturated heterocycles. The lowest BCUT2D eigenvalue weighted by atomic mass is 9.98. The summed E-state index contributed by atoms with van der Waals surface area (Å²) in [5.74, 6) is 2.64. The van der Waals surface area contributed by atoms with E-state index < -0.39 is 0 Å². The summed E-state index contributed by atoms with van der Waals surface area (Å²) in [6.45, 7) is 4.05. The number of hydrazone groups is 1. The van der Waals surface area contributed by atoms with Gasteiger partial charge >= 0.3 is 0 Å². The molecule has 0 radical (unpaired) electrons. The number of hydrogen-bond acceptors (Lipinski definition) is 10. The Hall–Kier alpha value is -5.10. The van der Waals surface area contributed by atoms with Gasteiger partial charge in [0, 0.05) is 49.3 Å². The summed E-state index contributed by atoms with van der Waals surface area (Å²) in [4.78, 5) is 6.55. The van der Waals surface area contributed by atoms with Crippen molar-refractivity contribution in [3.63, 3.8) is 0 Å². The van der Waals surface area contributed by atoms with Crippen molar-refractivity contribution in [1.82, 2.24) is 14.5 Å². The number of anilines is 2. The van der Waals surface area contributed by atoms with E-state index in [4.69, 9.17) is 30.2 Å². The van der Waals surface area contributed by atoms with E-state index in [9.17, 15) is 0 Å². The van der Waals surface area contributed by atoms with E-state index in [1.165, 1.54) is 30.9 Å². The maximum Gasteiger partial charge on any atom is 0.202 e. The third-order valence-electron chi connectivity index (χ3n) is 7.61. The van der Waals surface area contributed by atoms with E-state index in [0.717, 1.165) is 56.2 Å². The molecule has 12 nitrogen and oxygen atoms in total. The largest absolute Gasteiger partial charge is 0.493 e. The van der Waals surface area contributed by atoms with Gasteiger partial charge in [0.1, 0.15) is 6.61 Å². The van der Waals surface area contributed by atoms with E-state index in [0.29, 0.717) is 29.4 Å². The fraction of sp³-hybridized carbons (Fsp3) is 0.312. The molecule has 4 aromatic rings. The standard InChI is InChI=1S/C32H38N8O4/c1-41-28-16-23-9-12-39(20-24(23)17-31(28)44-15-14-40-13-10-35-21-40)11-8-22-4-6-25(7-5-22)37-38-32(36-34)26-18-29(42-2)30(43-3)19-27(26)33/h4-7,10,13,16-19,21,34,37H,8-9,11-12,14-15,20,33H2,1-3H3/b36-34?,38-32-. The molecule has 0 atom stereocenters. The summed E-state index contributed by atoms with van der Waals surface area (Å²) in [5, 5.41) is 7.86. The SMILES string of the molecule is COc1cc(N)c(/C(N=N)=N/Nc2ccc(CCN3CCc4cc(OC)c(OCCn5ccnc5)cc4C3)cc2)cc1OC. The van der Waals surface area contributed by atoms with Gasteiger partial charge in [-0.25, -0.2) is 10.5 Å². The van der Waals surface area contributed by atoms with Crippen LogP contribution in [0.5, 0.6) is 23.0 Å². The quantitative estimate of drug-likeness (QED) is 0.0643. The topological polar surface area (TPSA) is 145 Å². The molecule has 0 aliphatic carbocycles. The predicted molar refractivity (Wildman–Crippen MR) is 169 cm³/mol. The van der Waals surface area contributed by atoms with Gasteiger partial charge in [-0.05, 0) is 59.9 Å². The molecule has 3 aromatic carbocycles. The number of rotatable bonds is 13. The molecular formula is C32H38N8O4. The van der Waals surface area contributed by atoms with Crippen LogP contribution in [0.1, 0.15) is 22.3 Å². The summed E-state index contributed by atoms with van der Waals surface area (Å²) in [7, 11) is 4.75. The molecule has 1 aliphatic rings. The molecule has 5 rings (SSSR count). The first-order valence-corrected chi connectivity index (χ1v) is 14.3. The Balaban J connectivity index is 1.16. The Bertz CT molecular complexity index is 1590. The van der Waals surface area contributed by atoms with Crippen LogP contribution in [0.3, 0.4) is 0 Å². The second-order valence-electron chi connectivity index (χ2n) is 10.3. The van der Waals surface area contributed by atoms with E-state index in [1.54, 1.807) is 31.8 Å². The average molecular weight is 599 g/mol. The smallest absolute Gasteiger partial charge is 0.202 e. The van der Waals surface area contributed by atoms with Crippen LogP contribution in [0.25, 0.3) is 0 Å². The molecule has 0 amide bonds. The molecule has 230 valence electrons. The minimum Gasteiger partial charge on any atom is -0.493 e. The number of hydrogen-bond donors (Lipinski definition) is 3. The van der Waals surface area contributed by atoms with Crippen LogP contribution in [0, 0.1) is 5.53 Å². The van der Waals surface area contributed by atoms with E-state index in [2.05, 4.69) is 49.8 Å². The number of ether oxygens (including phenoxy) is 4. The van der Waals surface area contributed by atoms with Gasteiger partial charge in [0.15, 0.2) is 23.0 Å². The van der Waals surface area contributed by atoms with E-state index in [1.807, 2.05) is 22.9 Å². The first-order valence-electron chi connectivity index (χ1n) is 14.3. The van der Waals surface area contributed by atoms with Crippen LogP contribution in [0.2, 0.25) is 0 Å². The van der Waals surface area contributed by atoms with Crippen LogP contribution < -0.4 is 30.1 Å². The summed E-state index contributed by atoms with van der Waals surface area (Å²) < 4.78 is 24.3. The first kappa shape index (κ1) is 30.4. The first-order chi connectivity index (χ1) is 21.5. The minimum atomic E-state index is 0.127. The highest BCUT2D eigenvalue weighted by atomic mass is 16.5. The summed E-state index contributed by atoms with van der Waals surface area (Å²) in [5.41, 5.74) is 22.2. The molecule has 0 fully saturated rings. The van der Waals surface area contributed by atoms with E-state index in [-0.39, 0.29) is 5.84 Å². The van der Waals surface area contributed by atoms with Gasteiger partial charge in [-0.1, -0.05) is 12.1 Å². The summed E-state index contributed by atoms with van der Waals surface area (Å²) in [6.07, 6.45) is 7.36. The van der Waals surface area contributed by atoms with Crippen molar-refractivity contribution in [3.8, 4) is 23.0 Å². The zero-order valence-corrected chi connectivity index (χ0v) is 25.2. The van der Waals surface area contributed by atoms with Gasteiger partial charge in [0.25, 0.3) is 0 Å². The normalized spacial score (nSPS) is 13.2. The third-order valence-corrected chi connectivity index (χ3v) is 7.61. The van der Waals surface area contributed by atoms with Crippen molar-refractivity contribution in [3.05, 3.63) is 89.5 Å². The number of methoxy groups -OCH3 is 3. The van der Waals surface area contributed by atoms with Gasteiger partial charge in [0.2, 0.25) is 5.84 Å². The number of benzene rings is 3. The monoisotopic (exact) mass is 598 g/mol. The molecule has 2 heterocycles. The fourth-order valence-corrected chi connectivity index (χ4v) is 5.15. The number of nitrogen functional groups attached to an aromatic ring is 1. The number of fused-ring (bicyclic) bond motifs is 1. The molecule has 44 heavy (non-hydrogen) atoms. The Morgan fingerprint density at radius 2 is 1.68 bits per heavy atom. The van der Waals surface area contributed by atoms with Crippen molar-refractivity contribution in [2.24, 2.45) is 10.2 Å². The van der Waals surface area contributed by atoms with Crippen molar-refractivity contribution < 1.29 is 18.9 Å². The van der Waals surface area contributed by atoms with Crippen molar-refractivity contribution in [2.75, 3.05) is 52.2 Å². The van der Waals surface area contributed by atoms with Crippen molar-refractivity contribution in [2.45, 2.75) is 25.9 Å². The van der Waals surface area contributed by atoms with Gasteiger partial charge in [-0.15, -0.1) is 5.11 Å². The van der Waals surface area contributed by atoms with Crippen LogP contribution in [0.15, 0.2) is 77.5 Å². The van der Waals surface area contributed by atoms with Crippen LogP contribution in [0.4, 0.5) is 11.4 Å². The molecule has 12 heteroatoms. The number of nitrogens with one attached hydrogen (secondary N) is 2. The molecule has 0 bridgehead atoms. The highest BCUT2D eigenvalue weighted by molar-refractivity contribution is 6.04. The zero-order chi connectivity index (χ0) is 30.9. The molecule has 0 unspecified atom stereocenters. The van der Waals surface area contributed by atoms with Crippen LogP contribution in [-0.2, 0) is 25.9 Å².